The van der Waals surface area contributed by atoms with Crippen LogP contribution in [0.2, 0.25) is 0 Å². The Labute approximate surface area is 119 Å². The fourth-order valence-corrected chi connectivity index (χ4v) is 2.63. The molecule has 0 unspecified atom stereocenters. The maximum atomic E-state index is 12.4. The predicted molar refractivity (Wildman–Crippen MR) is 82.2 cm³/mol. The van der Waals surface area contributed by atoms with Crippen LogP contribution in [0.5, 0.6) is 0 Å². The lowest BCUT2D eigenvalue weighted by atomic mass is 10.2. The first kappa shape index (κ1) is 12.7. The molecule has 2 aromatic carbocycles. The number of nitrogens with zero attached hydrogens (tertiary/aromatic N) is 1. The van der Waals surface area contributed by atoms with E-state index in [1.807, 2.05) is 54.3 Å². The molecule has 0 fully saturated rings. The van der Waals surface area contributed by atoms with Crippen LogP contribution < -0.4 is 10.2 Å². The first-order chi connectivity index (χ1) is 9.75. The molecular weight excluding hydrogens is 248 g/mol. The molecule has 0 bridgehead atoms. The number of anilines is 2. The average Bonchev–Trinajstić information content (AvgIpc) is 2.90. The van der Waals surface area contributed by atoms with Crippen molar-refractivity contribution >= 4 is 17.3 Å². The van der Waals surface area contributed by atoms with E-state index >= 15 is 0 Å². The molecular formula is C17H18N2O. The van der Waals surface area contributed by atoms with Gasteiger partial charge in [-0.2, -0.15) is 0 Å². The number of para-hydroxylation sites is 2. The lowest BCUT2D eigenvalue weighted by Crippen LogP contribution is -2.34. The molecule has 2 aromatic rings. The number of amides is 1. The maximum Gasteiger partial charge on any atom is 0.246 e. The Bertz CT molecular complexity index is 636. The van der Waals surface area contributed by atoms with Crippen LogP contribution in [0.1, 0.15) is 11.1 Å². The third-order valence-corrected chi connectivity index (χ3v) is 3.76. The van der Waals surface area contributed by atoms with Crippen LogP contribution in [0.4, 0.5) is 11.4 Å². The van der Waals surface area contributed by atoms with Gasteiger partial charge in [0.05, 0.1) is 6.54 Å². The second-order valence-corrected chi connectivity index (χ2v) is 5.09. The van der Waals surface area contributed by atoms with E-state index < -0.39 is 0 Å². The van der Waals surface area contributed by atoms with E-state index in [0.29, 0.717) is 6.54 Å². The second kappa shape index (κ2) is 5.37. The van der Waals surface area contributed by atoms with E-state index in [-0.39, 0.29) is 5.91 Å². The van der Waals surface area contributed by atoms with Crippen LogP contribution >= 0.6 is 0 Å². The number of aryl methyl sites for hydroxylation is 1. The Morgan fingerprint density at radius 2 is 1.90 bits per heavy atom. The van der Waals surface area contributed by atoms with Crippen molar-refractivity contribution in [2.45, 2.75) is 13.3 Å². The number of rotatable bonds is 3. The molecule has 1 aliphatic rings. The number of nitrogens with one attached hydrogen (secondary N) is 1. The highest BCUT2D eigenvalue weighted by Crippen LogP contribution is 2.27. The maximum absolute atomic E-state index is 12.4. The molecule has 1 amide bonds. The highest BCUT2D eigenvalue weighted by molar-refractivity contribution is 5.98. The molecule has 0 aromatic heterocycles. The molecule has 0 aliphatic carbocycles. The largest absolute Gasteiger partial charge is 0.376 e. The monoisotopic (exact) mass is 266 g/mol. The zero-order valence-corrected chi connectivity index (χ0v) is 11.6. The van der Waals surface area contributed by atoms with Crippen molar-refractivity contribution in [3.8, 4) is 0 Å². The van der Waals surface area contributed by atoms with E-state index in [0.717, 1.165) is 29.9 Å². The highest BCUT2D eigenvalue weighted by Gasteiger charge is 2.23. The summed E-state index contributed by atoms with van der Waals surface area (Å²) in [5.74, 6) is 0.123. The van der Waals surface area contributed by atoms with Gasteiger partial charge in [-0.15, -0.1) is 0 Å². The summed E-state index contributed by atoms with van der Waals surface area (Å²) in [5, 5.41) is 3.23. The van der Waals surface area contributed by atoms with E-state index in [1.54, 1.807) is 0 Å². The molecule has 1 N–H and O–H groups in total. The third-order valence-electron chi connectivity index (χ3n) is 3.76. The normalized spacial score (nSPS) is 13.2. The first-order valence-electron chi connectivity index (χ1n) is 6.93. The average molecular weight is 266 g/mol. The zero-order chi connectivity index (χ0) is 13.9. The summed E-state index contributed by atoms with van der Waals surface area (Å²) in [6.45, 7) is 3.16. The zero-order valence-electron chi connectivity index (χ0n) is 11.6. The van der Waals surface area contributed by atoms with E-state index in [9.17, 15) is 4.79 Å². The Kier molecular flexibility index (Phi) is 3.42. The molecule has 1 aliphatic heterocycles. The van der Waals surface area contributed by atoms with Crippen molar-refractivity contribution in [2.75, 3.05) is 23.3 Å². The summed E-state index contributed by atoms with van der Waals surface area (Å²) in [5.41, 5.74) is 4.50. The summed E-state index contributed by atoms with van der Waals surface area (Å²) in [6.07, 6.45) is 0.951. The molecule has 3 nitrogen and oxygen atoms in total. The number of carbonyl (C=O) groups is 1. The Morgan fingerprint density at radius 1 is 1.15 bits per heavy atom. The van der Waals surface area contributed by atoms with Crippen molar-refractivity contribution in [3.63, 3.8) is 0 Å². The minimum atomic E-state index is 0.123. The fraction of sp³-hybridized carbons (Fsp3) is 0.235. The van der Waals surface area contributed by atoms with Crippen molar-refractivity contribution in [2.24, 2.45) is 0 Å². The summed E-state index contributed by atoms with van der Waals surface area (Å²) < 4.78 is 0. The van der Waals surface area contributed by atoms with Gasteiger partial charge in [-0.25, -0.2) is 0 Å². The molecule has 20 heavy (non-hydrogen) atoms. The molecule has 3 heteroatoms. The quantitative estimate of drug-likeness (QED) is 0.926. The Balaban J connectivity index is 1.68. The van der Waals surface area contributed by atoms with Gasteiger partial charge in [0.2, 0.25) is 5.91 Å². The highest BCUT2D eigenvalue weighted by atomic mass is 16.2. The van der Waals surface area contributed by atoms with Gasteiger partial charge in [-0.3, -0.25) is 4.79 Å². The minimum absolute atomic E-state index is 0.123. The summed E-state index contributed by atoms with van der Waals surface area (Å²) in [4.78, 5) is 14.2. The number of benzene rings is 2. The van der Waals surface area contributed by atoms with Gasteiger partial charge < -0.3 is 10.2 Å². The lowest BCUT2D eigenvalue weighted by Gasteiger charge is -2.18. The summed E-state index contributed by atoms with van der Waals surface area (Å²) in [6, 6.07) is 16.1. The topological polar surface area (TPSA) is 32.3 Å². The Hall–Kier alpha value is -2.29. The van der Waals surface area contributed by atoms with Crippen molar-refractivity contribution in [1.82, 2.24) is 0 Å². The smallest absolute Gasteiger partial charge is 0.246 e. The van der Waals surface area contributed by atoms with Crippen LogP contribution in [-0.2, 0) is 11.2 Å². The van der Waals surface area contributed by atoms with E-state index in [1.165, 1.54) is 5.56 Å². The molecule has 0 saturated carbocycles. The molecule has 1 heterocycles. The fourth-order valence-electron chi connectivity index (χ4n) is 2.63. The van der Waals surface area contributed by atoms with Crippen LogP contribution in [-0.4, -0.2) is 19.0 Å². The second-order valence-electron chi connectivity index (χ2n) is 5.09. The molecule has 0 atom stereocenters. The van der Waals surface area contributed by atoms with Crippen molar-refractivity contribution < 1.29 is 4.79 Å². The van der Waals surface area contributed by atoms with E-state index in [4.69, 9.17) is 0 Å². The number of fused-ring (bicyclic) bond motifs is 1. The standard InChI is InChI=1S/C17H18N2O/c1-13-6-2-4-8-15(13)18-12-17(20)19-11-10-14-7-3-5-9-16(14)19/h2-9,18H,10-12H2,1H3. The van der Waals surface area contributed by atoms with Crippen LogP contribution in [0.25, 0.3) is 0 Å². The van der Waals surface area contributed by atoms with Gasteiger partial charge in [0, 0.05) is 17.9 Å². The minimum Gasteiger partial charge on any atom is -0.376 e. The van der Waals surface area contributed by atoms with Crippen LogP contribution in [0.15, 0.2) is 48.5 Å². The molecule has 102 valence electrons. The summed E-state index contributed by atoms with van der Waals surface area (Å²) >= 11 is 0. The molecule has 0 radical (unpaired) electrons. The SMILES string of the molecule is Cc1ccccc1NCC(=O)N1CCc2ccccc21. The van der Waals surface area contributed by atoms with Gasteiger partial charge in [0.15, 0.2) is 0 Å². The van der Waals surface area contributed by atoms with Gasteiger partial charge in [0.1, 0.15) is 0 Å². The van der Waals surface area contributed by atoms with Crippen LogP contribution in [0.3, 0.4) is 0 Å². The first-order valence-corrected chi connectivity index (χ1v) is 6.93. The number of hydrogen-bond acceptors (Lipinski definition) is 2. The third kappa shape index (κ3) is 2.39. The Morgan fingerprint density at radius 3 is 2.75 bits per heavy atom. The van der Waals surface area contributed by atoms with Crippen LogP contribution in [0, 0.1) is 6.92 Å². The van der Waals surface area contributed by atoms with Crippen molar-refractivity contribution in [1.29, 1.82) is 0 Å². The molecule has 3 rings (SSSR count). The van der Waals surface area contributed by atoms with Gasteiger partial charge in [0.25, 0.3) is 0 Å². The molecule has 0 saturated heterocycles. The van der Waals surface area contributed by atoms with Crippen molar-refractivity contribution in [3.05, 3.63) is 59.7 Å². The molecule has 0 spiro atoms. The van der Waals surface area contributed by atoms with E-state index in [2.05, 4.69) is 11.4 Å². The lowest BCUT2D eigenvalue weighted by molar-refractivity contribution is -0.116. The summed E-state index contributed by atoms with van der Waals surface area (Å²) in [7, 11) is 0. The van der Waals surface area contributed by atoms with Gasteiger partial charge in [-0.05, 0) is 36.6 Å². The predicted octanol–water partition coefficient (Wildman–Crippen LogP) is 3.00. The van der Waals surface area contributed by atoms with Gasteiger partial charge >= 0.3 is 0 Å². The number of carbonyl (C=O) groups excluding carboxylic acids is 1. The van der Waals surface area contributed by atoms with Gasteiger partial charge in [-0.1, -0.05) is 36.4 Å². The number of hydrogen-bond donors (Lipinski definition) is 1.